The number of anilines is 2. The summed E-state index contributed by atoms with van der Waals surface area (Å²) in [6.45, 7) is 6.23. The molecule has 194 valence electrons. The second-order valence-corrected chi connectivity index (χ2v) is 10.3. The summed E-state index contributed by atoms with van der Waals surface area (Å²) in [7, 11) is 0. The van der Waals surface area contributed by atoms with Gasteiger partial charge in [-0.3, -0.25) is 4.79 Å². The van der Waals surface area contributed by atoms with E-state index in [0.717, 1.165) is 33.5 Å². The van der Waals surface area contributed by atoms with Crippen LogP contribution in [0, 0.1) is 5.92 Å². The van der Waals surface area contributed by atoms with E-state index in [1.807, 2.05) is 12.3 Å². The zero-order valence-corrected chi connectivity index (χ0v) is 21.7. The highest BCUT2D eigenvalue weighted by atomic mass is 16.1. The van der Waals surface area contributed by atoms with Crippen LogP contribution in [0.5, 0.6) is 0 Å². The molecule has 9 heteroatoms. The summed E-state index contributed by atoms with van der Waals surface area (Å²) in [4.78, 5) is 27.2. The quantitative estimate of drug-likeness (QED) is 0.293. The standard InChI is InChI=1S/C29H32N8O/c1-18(2)23-17-32-37-27(23)34-29(36-13-11-19(12-14-36)26(30)38)35-28(37)31-16-21-8-3-5-9-22(21)25-15-20-7-4-6-10-24(20)33-25/h3-10,15,17-19,33H,11-14,16H2,1-2H3,(H2,30,38)(H,31,34,35). The zero-order valence-electron chi connectivity index (χ0n) is 21.7. The third-order valence-electron chi connectivity index (χ3n) is 7.46. The van der Waals surface area contributed by atoms with Gasteiger partial charge in [0.1, 0.15) is 0 Å². The number of nitrogens with zero attached hydrogens (tertiary/aromatic N) is 5. The van der Waals surface area contributed by atoms with Crippen molar-refractivity contribution in [2.75, 3.05) is 23.3 Å². The van der Waals surface area contributed by atoms with Gasteiger partial charge in [-0.2, -0.15) is 19.6 Å². The van der Waals surface area contributed by atoms with Crippen LogP contribution in [0.25, 0.3) is 27.8 Å². The molecule has 2 aromatic carbocycles. The van der Waals surface area contributed by atoms with Gasteiger partial charge in [0.15, 0.2) is 5.65 Å². The lowest BCUT2D eigenvalue weighted by molar-refractivity contribution is -0.122. The number of fused-ring (bicyclic) bond motifs is 2. The summed E-state index contributed by atoms with van der Waals surface area (Å²) in [5, 5.41) is 9.35. The minimum Gasteiger partial charge on any atom is -0.369 e. The summed E-state index contributed by atoms with van der Waals surface area (Å²) in [6.07, 6.45) is 3.29. The van der Waals surface area contributed by atoms with E-state index in [1.54, 1.807) is 4.52 Å². The third-order valence-corrected chi connectivity index (χ3v) is 7.46. The summed E-state index contributed by atoms with van der Waals surface area (Å²) >= 11 is 0. The van der Waals surface area contributed by atoms with Crippen molar-refractivity contribution in [2.45, 2.75) is 39.2 Å². The van der Waals surface area contributed by atoms with Crippen molar-refractivity contribution in [3.05, 3.63) is 71.9 Å². The van der Waals surface area contributed by atoms with Gasteiger partial charge in [0.2, 0.25) is 17.8 Å². The summed E-state index contributed by atoms with van der Waals surface area (Å²) in [5.74, 6) is 1.24. The first-order valence-corrected chi connectivity index (χ1v) is 13.2. The maximum absolute atomic E-state index is 11.7. The van der Waals surface area contributed by atoms with Crippen molar-refractivity contribution < 1.29 is 4.79 Å². The fourth-order valence-electron chi connectivity index (χ4n) is 5.24. The van der Waals surface area contributed by atoms with E-state index in [2.05, 4.69) is 82.7 Å². The topological polar surface area (TPSA) is 117 Å². The number of hydrogen-bond acceptors (Lipinski definition) is 6. The number of nitrogens with two attached hydrogens (primary N) is 1. The number of aromatic amines is 1. The van der Waals surface area contributed by atoms with E-state index in [9.17, 15) is 4.79 Å². The Labute approximate surface area is 221 Å². The molecule has 5 aromatic rings. The number of rotatable bonds is 7. The number of carbonyl (C=O) groups is 1. The molecule has 9 nitrogen and oxygen atoms in total. The van der Waals surface area contributed by atoms with Gasteiger partial charge in [-0.05, 0) is 36.5 Å². The molecule has 38 heavy (non-hydrogen) atoms. The molecule has 1 saturated heterocycles. The molecule has 0 aliphatic carbocycles. The molecule has 0 spiro atoms. The second-order valence-electron chi connectivity index (χ2n) is 10.3. The number of aromatic nitrogens is 5. The van der Waals surface area contributed by atoms with Crippen molar-refractivity contribution in [1.29, 1.82) is 0 Å². The zero-order chi connectivity index (χ0) is 26.2. The molecule has 3 aromatic heterocycles. The van der Waals surface area contributed by atoms with Crippen molar-refractivity contribution >= 4 is 34.4 Å². The minimum absolute atomic E-state index is 0.0880. The van der Waals surface area contributed by atoms with Gasteiger partial charge in [-0.25, -0.2) is 0 Å². The maximum atomic E-state index is 11.7. The Balaban J connectivity index is 1.33. The van der Waals surface area contributed by atoms with E-state index in [1.165, 1.54) is 5.39 Å². The first kappa shape index (κ1) is 24.0. The number of carbonyl (C=O) groups excluding carboxylic acids is 1. The Kier molecular flexibility index (Phi) is 6.19. The first-order valence-electron chi connectivity index (χ1n) is 13.2. The molecule has 1 amide bonds. The monoisotopic (exact) mass is 508 g/mol. The number of amides is 1. The lowest BCUT2D eigenvalue weighted by Gasteiger charge is -2.30. The normalized spacial score (nSPS) is 14.6. The predicted octanol–water partition coefficient (Wildman–Crippen LogP) is 4.71. The Hall–Kier alpha value is -4.40. The van der Waals surface area contributed by atoms with Crippen LogP contribution in [0.15, 0.2) is 60.8 Å². The van der Waals surface area contributed by atoms with Gasteiger partial charge < -0.3 is 20.9 Å². The molecular formula is C29H32N8O. The lowest BCUT2D eigenvalue weighted by Crippen LogP contribution is -2.39. The summed E-state index contributed by atoms with van der Waals surface area (Å²) in [5.41, 5.74) is 11.9. The van der Waals surface area contributed by atoms with Gasteiger partial charge in [-0.15, -0.1) is 0 Å². The fourth-order valence-corrected chi connectivity index (χ4v) is 5.24. The van der Waals surface area contributed by atoms with Crippen LogP contribution in [0.2, 0.25) is 0 Å². The molecule has 6 rings (SSSR count). The van der Waals surface area contributed by atoms with Crippen molar-refractivity contribution in [3.8, 4) is 11.3 Å². The smallest absolute Gasteiger partial charge is 0.230 e. The van der Waals surface area contributed by atoms with Crippen LogP contribution < -0.4 is 16.0 Å². The SMILES string of the molecule is CC(C)c1cnn2c(NCc3ccccc3-c3cc4ccccc4[nH]3)nc(N3CCC(C(N)=O)CC3)nc12. The van der Waals surface area contributed by atoms with Crippen LogP contribution in [0.4, 0.5) is 11.9 Å². The molecule has 0 unspecified atom stereocenters. The highest BCUT2D eigenvalue weighted by molar-refractivity contribution is 5.86. The molecule has 0 atom stereocenters. The van der Waals surface area contributed by atoms with E-state index >= 15 is 0 Å². The Morgan fingerprint density at radius 1 is 1.11 bits per heavy atom. The largest absolute Gasteiger partial charge is 0.369 e. The molecule has 0 saturated carbocycles. The van der Waals surface area contributed by atoms with Crippen molar-refractivity contribution in [1.82, 2.24) is 24.6 Å². The highest BCUT2D eigenvalue weighted by Crippen LogP contribution is 2.29. The van der Waals surface area contributed by atoms with E-state index < -0.39 is 0 Å². The van der Waals surface area contributed by atoms with Gasteiger partial charge in [0.05, 0.1) is 6.20 Å². The van der Waals surface area contributed by atoms with Crippen LogP contribution in [0.3, 0.4) is 0 Å². The Bertz CT molecular complexity index is 1580. The number of primary amides is 1. The van der Waals surface area contributed by atoms with Gasteiger partial charge in [0, 0.05) is 53.3 Å². The minimum atomic E-state index is -0.227. The van der Waals surface area contributed by atoms with E-state index in [-0.39, 0.29) is 17.7 Å². The maximum Gasteiger partial charge on any atom is 0.230 e. The van der Waals surface area contributed by atoms with Crippen LogP contribution >= 0.6 is 0 Å². The molecule has 4 heterocycles. The van der Waals surface area contributed by atoms with Crippen molar-refractivity contribution in [2.24, 2.45) is 11.7 Å². The van der Waals surface area contributed by atoms with Crippen molar-refractivity contribution in [3.63, 3.8) is 0 Å². The molecule has 4 N–H and O–H groups in total. The van der Waals surface area contributed by atoms with E-state index in [0.29, 0.717) is 44.4 Å². The molecule has 1 fully saturated rings. The molecule has 0 radical (unpaired) electrons. The molecular weight excluding hydrogens is 476 g/mol. The summed E-state index contributed by atoms with van der Waals surface area (Å²) in [6, 6.07) is 18.9. The summed E-state index contributed by atoms with van der Waals surface area (Å²) < 4.78 is 1.79. The third kappa shape index (κ3) is 4.44. The number of hydrogen-bond donors (Lipinski definition) is 3. The number of piperidine rings is 1. The highest BCUT2D eigenvalue weighted by Gasteiger charge is 2.26. The second kappa shape index (κ2) is 9.81. The lowest BCUT2D eigenvalue weighted by atomic mass is 9.96. The number of nitrogens with one attached hydrogen (secondary N) is 2. The van der Waals surface area contributed by atoms with Crippen LogP contribution in [-0.2, 0) is 11.3 Å². The fraction of sp³-hybridized carbons (Fsp3) is 0.310. The number of benzene rings is 2. The van der Waals surface area contributed by atoms with Gasteiger partial charge >= 0.3 is 0 Å². The molecule has 1 aliphatic heterocycles. The number of H-pyrrole nitrogens is 1. The van der Waals surface area contributed by atoms with Crippen LogP contribution in [-0.4, -0.2) is 43.6 Å². The predicted molar refractivity (Wildman–Crippen MR) is 150 cm³/mol. The molecule has 0 bridgehead atoms. The van der Waals surface area contributed by atoms with E-state index in [4.69, 9.17) is 15.7 Å². The average Bonchev–Trinajstić information content (AvgIpc) is 3.56. The Morgan fingerprint density at radius 2 is 1.87 bits per heavy atom. The average molecular weight is 509 g/mol. The Morgan fingerprint density at radius 3 is 2.63 bits per heavy atom. The van der Waals surface area contributed by atoms with Gasteiger partial charge in [-0.1, -0.05) is 56.3 Å². The molecule has 1 aliphatic rings. The first-order chi connectivity index (χ1) is 18.5. The van der Waals surface area contributed by atoms with Gasteiger partial charge in [0.25, 0.3) is 0 Å². The number of para-hydroxylation sites is 1. The van der Waals surface area contributed by atoms with Crippen LogP contribution in [0.1, 0.15) is 43.7 Å².